The molecule has 19 heavy (non-hydrogen) atoms. The molecule has 1 aromatic rings. The molecular weight excluding hydrogens is 264 g/mol. The van der Waals surface area contributed by atoms with Crippen LogP contribution in [0.25, 0.3) is 0 Å². The van der Waals surface area contributed by atoms with E-state index in [2.05, 4.69) is 20.2 Å². The van der Waals surface area contributed by atoms with Gasteiger partial charge >= 0.3 is 0 Å². The highest BCUT2D eigenvalue weighted by atomic mass is 35.5. The lowest BCUT2D eigenvalue weighted by Crippen LogP contribution is -2.36. The average molecular weight is 283 g/mol. The van der Waals surface area contributed by atoms with Crippen LogP contribution >= 0.6 is 11.6 Å². The monoisotopic (exact) mass is 282 g/mol. The summed E-state index contributed by atoms with van der Waals surface area (Å²) in [5.74, 6) is 1.41. The van der Waals surface area contributed by atoms with Crippen LogP contribution in [0.4, 0.5) is 5.82 Å². The summed E-state index contributed by atoms with van der Waals surface area (Å²) in [6, 6.07) is 1.90. The van der Waals surface area contributed by atoms with Gasteiger partial charge in [0.15, 0.2) is 0 Å². The molecule has 1 aliphatic rings. The molecule has 0 atom stereocenters. The number of piperidine rings is 1. The third kappa shape index (κ3) is 4.44. The van der Waals surface area contributed by atoms with E-state index in [1.54, 1.807) is 0 Å². The van der Waals surface area contributed by atoms with Crippen molar-refractivity contribution in [3.05, 3.63) is 17.0 Å². The molecule has 0 aliphatic carbocycles. The van der Waals surface area contributed by atoms with Gasteiger partial charge in [0.25, 0.3) is 0 Å². The third-order valence-electron chi connectivity index (χ3n) is 3.44. The first-order valence-corrected chi connectivity index (χ1v) is 6.96. The topological polar surface area (TPSA) is 58.1 Å². The number of halogens is 1. The Morgan fingerprint density at radius 2 is 2.21 bits per heavy atom. The third-order valence-corrected chi connectivity index (χ3v) is 3.61. The van der Waals surface area contributed by atoms with Gasteiger partial charge < -0.3 is 10.1 Å². The van der Waals surface area contributed by atoms with Crippen LogP contribution in [0.3, 0.4) is 0 Å². The lowest BCUT2D eigenvalue weighted by atomic mass is 9.97. The zero-order chi connectivity index (χ0) is 13.7. The van der Waals surface area contributed by atoms with Crippen molar-refractivity contribution >= 4 is 23.7 Å². The van der Waals surface area contributed by atoms with Gasteiger partial charge in [-0.15, -0.1) is 0 Å². The number of aromatic nitrogens is 2. The summed E-state index contributed by atoms with van der Waals surface area (Å²) in [4.78, 5) is 20.8. The molecule has 0 unspecified atom stereocenters. The summed E-state index contributed by atoms with van der Waals surface area (Å²) in [6.07, 6.45) is 3.20. The van der Waals surface area contributed by atoms with Crippen molar-refractivity contribution in [3.8, 4) is 0 Å². The summed E-state index contributed by atoms with van der Waals surface area (Å²) in [5, 5.41) is 3.60. The first kappa shape index (κ1) is 14.2. The number of hydrogen-bond acceptors (Lipinski definition) is 5. The molecule has 1 aromatic heterocycles. The Balaban J connectivity index is 1.78. The van der Waals surface area contributed by atoms with Crippen molar-refractivity contribution in [1.82, 2.24) is 14.9 Å². The quantitative estimate of drug-likeness (QED) is 0.659. The minimum Gasteiger partial charge on any atom is -0.370 e. The standard InChI is InChI=1S/C13H19ClN4O/c1-10-8-12(17-13(14)16-10)15-9-11-2-4-18(5-3-11)6-7-19/h7-8,11H,2-6,9H2,1H3,(H,15,16,17). The van der Waals surface area contributed by atoms with Gasteiger partial charge in [-0.05, 0) is 50.4 Å². The van der Waals surface area contributed by atoms with E-state index >= 15 is 0 Å². The second-order valence-electron chi connectivity index (χ2n) is 4.96. The van der Waals surface area contributed by atoms with Crippen LogP contribution in [0, 0.1) is 12.8 Å². The number of aldehydes is 1. The van der Waals surface area contributed by atoms with Crippen LogP contribution in [0.2, 0.25) is 5.28 Å². The molecule has 0 saturated carbocycles. The zero-order valence-electron chi connectivity index (χ0n) is 11.1. The highest BCUT2D eigenvalue weighted by molar-refractivity contribution is 6.28. The van der Waals surface area contributed by atoms with Crippen LogP contribution in [0.5, 0.6) is 0 Å². The molecule has 0 bridgehead atoms. The van der Waals surface area contributed by atoms with Gasteiger partial charge in [-0.3, -0.25) is 4.90 Å². The van der Waals surface area contributed by atoms with Crippen LogP contribution in [0.15, 0.2) is 6.07 Å². The molecule has 1 fully saturated rings. The smallest absolute Gasteiger partial charge is 0.224 e. The predicted molar refractivity (Wildman–Crippen MR) is 75.5 cm³/mol. The zero-order valence-corrected chi connectivity index (χ0v) is 11.9. The number of carbonyl (C=O) groups is 1. The summed E-state index contributed by atoms with van der Waals surface area (Å²) in [7, 11) is 0. The van der Waals surface area contributed by atoms with E-state index in [0.29, 0.717) is 12.5 Å². The molecule has 0 spiro atoms. The molecule has 0 radical (unpaired) electrons. The Morgan fingerprint density at radius 1 is 1.47 bits per heavy atom. The van der Waals surface area contributed by atoms with E-state index < -0.39 is 0 Å². The van der Waals surface area contributed by atoms with E-state index in [9.17, 15) is 4.79 Å². The highest BCUT2D eigenvalue weighted by Gasteiger charge is 2.18. The van der Waals surface area contributed by atoms with Crippen LogP contribution < -0.4 is 5.32 Å². The fraction of sp³-hybridized carbons (Fsp3) is 0.615. The number of anilines is 1. The maximum absolute atomic E-state index is 10.4. The molecule has 0 aromatic carbocycles. The SMILES string of the molecule is Cc1cc(NCC2CCN(CC=O)CC2)nc(Cl)n1. The Bertz CT molecular complexity index is 412. The predicted octanol–water partition coefficient (Wildman–Crippen LogP) is 1.76. The average Bonchev–Trinajstić information content (AvgIpc) is 2.37. The van der Waals surface area contributed by atoms with Crippen molar-refractivity contribution in [2.75, 3.05) is 31.5 Å². The van der Waals surface area contributed by atoms with Crippen molar-refractivity contribution in [1.29, 1.82) is 0 Å². The molecule has 2 heterocycles. The van der Waals surface area contributed by atoms with Crippen molar-refractivity contribution < 1.29 is 4.79 Å². The van der Waals surface area contributed by atoms with E-state index in [4.69, 9.17) is 11.6 Å². The van der Waals surface area contributed by atoms with E-state index in [1.807, 2.05) is 13.0 Å². The highest BCUT2D eigenvalue weighted by Crippen LogP contribution is 2.18. The van der Waals surface area contributed by atoms with Crippen LogP contribution in [-0.4, -0.2) is 47.3 Å². The van der Waals surface area contributed by atoms with Gasteiger partial charge in [0.1, 0.15) is 12.1 Å². The second-order valence-corrected chi connectivity index (χ2v) is 5.29. The first-order valence-electron chi connectivity index (χ1n) is 6.58. The van der Waals surface area contributed by atoms with Gasteiger partial charge in [0.2, 0.25) is 5.28 Å². The summed E-state index contributed by atoms with van der Waals surface area (Å²) in [6.45, 7) is 5.34. The second kappa shape index (κ2) is 6.82. The number of aryl methyl sites for hydroxylation is 1. The molecular formula is C13H19ClN4O. The number of likely N-dealkylation sites (tertiary alicyclic amines) is 1. The van der Waals surface area contributed by atoms with E-state index in [1.165, 1.54) is 0 Å². The minimum absolute atomic E-state index is 0.281. The maximum atomic E-state index is 10.4. The van der Waals surface area contributed by atoms with Gasteiger partial charge in [-0.25, -0.2) is 9.97 Å². The molecule has 1 N–H and O–H groups in total. The summed E-state index contributed by atoms with van der Waals surface area (Å²) >= 11 is 5.82. The van der Waals surface area contributed by atoms with Gasteiger partial charge in [0.05, 0.1) is 6.54 Å². The Labute approximate surface area is 118 Å². The normalized spacial score (nSPS) is 17.4. The van der Waals surface area contributed by atoms with Crippen molar-refractivity contribution in [2.45, 2.75) is 19.8 Å². The number of nitrogens with one attached hydrogen (secondary N) is 1. The first-order chi connectivity index (χ1) is 9.17. The Hall–Kier alpha value is -1.20. The molecule has 104 valence electrons. The van der Waals surface area contributed by atoms with Crippen molar-refractivity contribution in [2.24, 2.45) is 5.92 Å². The number of carbonyl (C=O) groups excluding carboxylic acids is 1. The van der Waals surface area contributed by atoms with E-state index in [-0.39, 0.29) is 5.28 Å². The number of rotatable bonds is 5. The van der Waals surface area contributed by atoms with Crippen LogP contribution in [-0.2, 0) is 4.79 Å². The fourth-order valence-electron chi connectivity index (χ4n) is 2.35. The molecule has 1 aliphatic heterocycles. The minimum atomic E-state index is 0.281. The van der Waals surface area contributed by atoms with E-state index in [0.717, 1.165) is 50.3 Å². The summed E-state index contributed by atoms with van der Waals surface area (Å²) < 4.78 is 0. The van der Waals surface area contributed by atoms with Gasteiger partial charge in [0, 0.05) is 18.3 Å². The molecule has 2 rings (SSSR count). The number of hydrogen-bond donors (Lipinski definition) is 1. The largest absolute Gasteiger partial charge is 0.370 e. The van der Waals surface area contributed by atoms with Crippen molar-refractivity contribution in [3.63, 3.8) is 0 Å². The molecule has 5 nitrogen and oxygen atoms in total. The maximum Gasteiger partial charge on any atom is 0.224 e. The fourth-order valence-corrected chi connectivity index (χ4v) is 2.57. The lowest BCUT2D eigenvalue weighted by molar-refractivity contribution is -0.109. The summed E-state index contributed by atoms with van der Waals surface area (Å²) in [5.41, 5.74) is 0.864. The van der Waals surface area contributed by atoms with Gasteiger partial charge in [-0.1, -0.05) is 0 Å². The van der Waals surface area contributed by atoms with Crippen LogP contribution in [0.1, 0.15) is 18.5 Å². The lowest BCUT2D eigenvalue weighted by Gasteiger charge is -2.30. The molecule has 0 amide bonds. The Kier molecular flexibility index (Phi) is 5.10. The Morgan fingerprint density at radius 3 is 2.84 bits per heavy atom. The molecule has 1 saturated heterocycles. The van der Waals surface area contributed by atoms with Gasteiger partial charge in [-0.2, -0.15) is 0 Å². The molecule has 6 heteroatoms. The number of nitrogens with zero attached hydrogens (tertiary/aromatic N) is 3.